The van der Waals surface area contributed by atoms with Gasteiger partial charge in [0.15, 0.2) is 0 Å². The van der Waals surface area contributed by atoms with Gasteiger partial charge in [-0.2, -0.15) is 0 Å². The van der Waals surface area contributed by atoms with Crippen LogP contribution in [0.1, 0.15) is 44.4 Å². The monoisotopic (exact) mass is 374 g/mol. The largest absolute Gasteiger partial charge is 0.444 e. The van der Waals surface area contributed by atoms with Crippen molar-refractivity contribution < 1.29 is 23.8 Å². The second kappa shape index (κ2) is 6.83. The molecular formula is C20H23FN2O4. The molecule has 144 valence electrons. The summed E-state index contributed by atoms with van der Waals surface area (Å²) in [4.78, 5) is 27.2. The van der Waals surface area contributed by atoms with Gasteiger partial charge in [-0.15, -0.1) is 0 Å². The summed E-state index contributed by atoms with van der Waals surface area (Å²) in [7, 11) is 1.62. The van der Waals surface area contributed by atoms with Gasteiger partial charge >= 0.3 is 6.09 Å². The number of carbonyl (C=O) groups is 1. The van der Waals surface area contributed by atoms with Crippen LogP contribution in [0.3, 0.4) is 0 Å². The minimum absolute atomic E-state index is 0.187. The van der Waals surface area contributed by atoms with Gasteiger partial charge in [-0.25, -0.2) is 14.0 Å². The number of aliphatic hydroxyl groups excluding tert-OH is 1. The van der Waals surface area contributed by atoms with E-state index in [1.807, 2.05) is 10.8 Å². The van der Waals surface area contributed by atoms with Gasteiger partial charge < -0.3 is 19.6 Å². The minimum Gasteiger partial charge on any atom is -0.444 e. The lowest BCUT2D eigenvalue weighted by Crippen LogP contribution is -2.42. The maximum absolute atomic E-state index is 14.3. The first-order valence-electron chi connectivity index (χ1n) is 8.80. The molecule has 3 rings (SSSR count). The van der Waals surface area contributed by atoms with Crippen LogP contribution in [0.2, 0.25) is 0 Å². The standard InChI is InChI=1S/C20H23FN2O4/c1-20(2,3)27-19(26)22(4)17-5-6-23-14(11-25)7-12(10-24)15-8-13(21)9-16(17)18(15)23/h7-9,17,25H,5-6,11H2,1-4H3. The van der Waals surface area contributed by atoms with Crippen molar-refractivity contribution in [1.82, 2.24) is 4.90 Å². The Balaban J connectivity index is 2.09. The van der Waals surface area contributed by atoms with Crippen molar-refractivity contribution in [2.75, 3.05) is 25.1 Å². The van der Waals surface area contributed by atoms with E-state index in [1.165, 1.54) is 23.1 Å². The second-order valence-electron chi connectivity index (χ2n) is 7.75. The Morgan fingerprint density at radius 1 is 1.44 bits per heavy atom. The van der Waals surface area contributed by atoms with Crippen LogP contribution in [-0.2, 0) is 9.53 Å². The Labute approximate surface area is 157 Å². The minimum atomic E-state index is -0.645. The average molecular weight is 374 g/mol. The van der Waals surface area contributed by atoms with Gasteiger partial charge in [0.25, 0.3) is 0 Å². The molecule has 7 heteroatoms. The zero-order valence-corrected chi connectivity index (χ0v) is 15.9. The zero-order chi connectivity index (χ0) is 19.9. The number of amides is 1. The fraction of sp³-hybridized carbons (Fsp3) is 0.450. The molecular weight excluding hydrogens is 351 g/mol. The van der Waals surface area contributed by atoms with Crippen LogP contribution in [0.15, 0.2) is 23.9 Å². The van der Waals surface area contributed by atoms with E-state index < -0.39 is 23.6 Å². The number of allylic oxidation sites excluding steroid dienone is 2. The number of anilines is 1. The Hall–Kier alpha value is -2.63. The molecule has 0 aliphatic carbocycles. The van der Waals surface area contributed by atoms with E-state index in [9.17, 15) is 19.1 Å². The molecule has 0 saturated carbocycles. The summed E-state index contributed by atoms with van der Waals surface area (Å²) in [5.74, 6) is 1.33. The van der Waals surface area contributed by atoms with Crippen molar-refractivity contribution in [3.05, 3.63) is 40.8 Å². The molecule has 1 aromatic rings. The third-order valence-electron chi connectivity index (χ3n) is 4.73. The summed E-state index contributed by atoms with van der Waals surface area (Å²) in [5, 5.41) is 9.68. The Kier molecular flexibility index (Phi) is 4.84. The molecule has 1 amide bonds. The van der Waals surface area contributed by atoms with E-state index in [4.69, 9.17) is 4.74 Å². The van der Waals surface area contributed by atoms with Gasteiger partial charge in [0.2, 0.25) is 0 Å². The number of ether oxygens (including phenoxy) is 1. The first-order chi connectivity index (χ1) is 12.7. The molecule has 1 atom stereocenters. The summed E-state index contributed by atoms with van der Waals surface area (Å²) in [6, 6.07) is 2.25. The maximum atomic E-state index is 14.3. The molecule has 0 saturated heterocycles. The number of rotatable bonds is 2. The highest BCUT2D eigenvalue weighted by molar-refractivity contribution is 6.01. The van der Waals surface area contributed by atoms with Crippen LogP contribution in [0.25, 0.3) is 5.57 Å². The first-order valence-corrected chi connectivity index (χ1v) is 8.80. The van der Waals surface area contributed by atoms with Crippen LogP contribution in [0.4, 0.5) is 14.9 Å². The van der Waals surface area contributed by atoms with Crippen LogP contribution in [0, 0.1) is 5.82 Å². The SMILES string of the molecule is CN(C(=O)OC(C)(C)C)C1CCN2C(CO)=CC(=C=O)c3cc(F)cc1c32. The summed E-state index contributed by atoms with van der Waals surface area (Å²) in [6.45, 7) is 5.61. The van der Waals surface area contributed by atoms with E-state index in [0.717, 1.165) is 0 Å². The zero-order valence-electron chi connectivity index (χ0n) is 15.9. The Morgan fingerprint density at radius 3 is 2.74 bits per heavy atom. The van der Waals surface area contributed by atoms with Gasteiger partial charge in [0.1, 0.15) is 17.4 Å². The molecule has 0 bridgehead atoms. The Bertz CT molecular complexity index is 865. The summed E-state index contributed by atoms with van der Waals surface area (Å²) in [5.41, 5.74) is 1.72. The predicted octanol–water partition coefficient (Wildman–Crippen LogP) is 3.05. The summed E-state index contributed by atoms with van der Waals surface area (Å²) in [6.07, 6.45) is 1.55. The average Bonchev–Trinajstić information content (AvgIpc) is 2.59. The first kappa shape index (κ1) is 19.1. The fourth-order valence-corrected chi connectivity index (χ4v) is 3.59. The number of halogens is 1. The number of carbonyl (C=O) groups excluding carboxylic acids is 2. The highest BCUT2D eigenvalue weighted by Crippen LogP contribution is 2.46. The summed E-state index contributed by atoms with van der Waals surface area (Å²) >= 11 is 0. The van der Waals surface area contributed by atoms with Gasteiger partial charge in [-0.1, -0.05) is 0 Å². The van der Waals surface area contributed by atoms with Crippen LogP contribution < -0.4 is 4.90 Å². The number of aliphatic hydroxyl groups is 1. The molecule has 1 unspecified atom stereocenters. The number of hydrogen-bond acceptors (Lipinski definition) is 5. The molecule has 2 aliphatic rings. The lowest BCUT2D eigenvalue weighted by molar-refractivity contribution is 0.0210. The van der Waals surface area contributed by atoms with E-state index in [1.54, 1.807) is 27.8 Å². The highest BCUT2D eigenvalue weighted by Gasteiger charge is 2.37. The van der Waals surface area contributed by atoms with Crippen LogP contribution >= 0.6 is 0 Å². The predicted molar refractivity (Wildman–Crippen MR) is 99.4 cm³/mol. The molecule has 0 spiro atoms. The third-order valence-corrected chi connectivity index (χ3v) is 4.73. The fourth-order valence-electron chi connectivity index (χ4n) is 3.59. The second-order valence-corrected chi connectivity index (χ2v) is 7.75. The van der Waals surface area contributed by atoms with Gasteiger partial charge in [-0.05, 0) is 45.4 Å². The van der Waals surface area contributed by atoms with Crippen molar-refractivity contribution in [1.29, 1.82) is 0 Å². The summed E-state index contributed by atoms with van der Waals surface area (Å²) < 4.78 is 19.8. The quantitative estimate of drug-likeness (QED) is 0.806. The molecule has 0 aromatic heterocycles. The van der Waals surface area contributed by atoms with E-state index in [-0.39, 0.29) is 12.2 Å². The molecule has 1 aromatic carbocycles. The van der Waals surface area contributed by atoms with E-state index in [0.29, 0.717) is 35.5 Å². The lowest BCUT2D eigenvalue weighted by Gasteiger charge is -2.42. The van der Waals surface area contributed by atoms with Crippen LogP contribution in [-0.4, -0.2) is 47.8 Å². The Morgan fingerprint density at radius 2 is 2.15 bits per heavy atom. The maximum Gasteiger partial charge on any atom is 0.410 e. The van der Waals surface area contributed by atoms with E-state index >= 15 is 0 Å². The lowest BCUT2D eigenvalue weighted by atomic mass is 9.87. The molecule has 6 nitrogen and oxygen atoms in total. The number of nitrogens with zero attached hydrogens (tertiary/aromatic N) is 2. The van der Waals surface area contributed by atoms with Crippen molar-refractivity contribution in [3.8, 4) is 0 Å². The topological polar surface area (TPSA) is 70.1 Å². The molecule has 27 heavy (non-hydrogen) atoms. The van der Waals surface area contributed by atoms with Crippen molar-refractivity contribution in [2.45, 2.75) is 38.8 Å². The van der Waals surface area contributed by atoms with Gasteiger partial charge in [-0.3, -0.25) is 0 Å². The highest BCUT2D eigenvalue weighted by atomic mass is 19.1. The molecule has 1 N–H and O–H groups in total. The molecule has 2 heterocycles. The third kappa shape index (κ3) is 3.48. The van der Waals surface area contributed by atoms with Gasteiger partial charge in [0, 0.05) is 30.4 Å². The molecule has 0 radical (unpaired) electrons. The van der Waals surface area contributed by atoms with Gasteiger partial charge in [0.05, 0.1) is 23.9 Å². The van der Waals surface area contributed by atoms with Crippen molar-refractivity contribution in [3.63, 3.8) is 0 Å². The van der Waals surface area contributed by atoms with Crippen molar-refractivity contribution >= 4 is 23.3 Å². The molecule has 0 fully saturated rings. The van der Waals surface area contributed by atoms with Crippen LogP contribution in [0.5, 0.6) is 0 Å². The van der Waals surface area contributed by atoms with Crippen molar-refractivity contribution in [2.24, 2.45) is 0 Å². The molecule has 2 aliphatic heterocycles. The van der Waals surface area contributed by atoms with E-state index in [2.05, 4.69) is 0 Å². The number of hydrogen-bond donors (Lipinski definition) is 1. The number of benzene rings is 1. The smallest absolute Gasteiger partial charge is 0.410 e. The normalized spacial score (nSPS) is 18.4.